The predicted molar refractivity (Wildman–Crippen MR) is 146 cm³/mol. The highest BCUT2D eigenvalue weighted by Gasteiger charge is 2.34. The van der Waals surface area contributed by atoms with Gasteiger partial charge < -0.3 is 15.4 Å². The van der Waals surface area contributed by atoms with Gasteiger partial charge in [0.25, 0.3) is 5.91 Å². The number of aromatic nitrogens is 3. The first-order valence-corrected chi connectivity index (χ1v) is 13.3. The molecule has 1 aromatic heterocycles. The number of amides is 2. The van der Waals surface area contributed by atoms with Crippen LogP contribution >= 0.6 is 11.8 Å². The number of rotatable bonds is 10. The molecule has 0 bridgehead atoms. The van der Waals surface area contributed by atoms with Gasteiger partial charge in [0.15, 0.2) is 11.0 Å². The first-order valence-electron chi connectivity index (χ1n) is 12.3. The molecule has 0 aliphatic heterocycles. The van der Waals surface area contributed by atoms with Crippen LogP contribution in [0.1, 0.15) is 39.0 Å². The number of hydrogen-bond acceptors (Lipinski definition) is 7. The van der Waals surface area contributed by atoms with Crippen molar-refractivity contribution in [2.24, 2.45) is 0 Å². The van der Waals surface area contributed by atoms with Crippen molar-refractivity contribution in [2.45, 2.75) is 24.8 Å². The Hall–Kier alpha value is -4.65. The minimum atomic E-state index is -4.69. The summed E-state index contributed by atoms with van der Waals surface area (Å²) >= 11 is 1.08. The fourth-order valence-corrected chi connectivity index (χ4v) is 4.53. The van der Waals surface area contributed by atoms with Crippen molar-refractivity contribution in [1.82, 2.24) is 20.1 Å². The molecule has 9 nitrogen and oxygen atoms in total. The monoisotopic (exact) mass is 583 g/mol. The third-order valence-electron chi connectivity index (χ3n) is 5.61. The van der Waals surface area contributed by atoms with Gasteiger partial charge in [-0.25, -0.2) is 4.79 Å². The van der Waals surface area contributed by atoms with E-state index in [1.807, 2.05) is 0 Å². The molecular weight excluding hydrogens is 559 g/mol. The molecule has 3 aromatic carbocycles. The second kappa shape index (κ2) is 13.1. The van der Waals surface area contributed by atoms with E-state index in [4.69, 9.17) is 4.74 Å². The molecule has 0 saturated carbocycles. The maximum Gasteiger partial charge on any atom is 0.417 e. The van der Waals surface area contributed by atoms with Crippen LogP contribution in [0.3, 0.4) is 0 Å². The van der Waals surface area contributed by atoms with Gasteiger partial charge in [-0.05, 0) is 55.5 Å². The molecule has 2 N–H and O–H groups in total. The molecule has 212 valence electrons. The van der Waals surface area contributed by atoms with Crippen LogP contribution in [0, 0.1) is 0 Å². The first kappa shape index (κ1) is 29.3. The average molecular weight is 584 g/mol. The Morgan fingerprint density at radius 3 is 2.29 bits per heavy atom. The number of carbonyl (C=O) groups excluding carboxylic acids is 3. The third kappa shape index (κ3) is 7.51. The summed E-state index contributed by atoms with van der Waals surface area (Å²) in [5.41, 5.74) is -0.0746. The lowest BCUT2D eigenvalue weighted by molar-refractivity contribution is -0.138. The molecule has 4 aromatic rings. The number of benzene rings is 3. The second-order valence-corrected chi connectivity index (χ2v) is 9.37. The van der Waals surface area contributed by atoms with Crippen molar-refractivity contribution >= 4 is 35.2 Å². The topological polar surface area (TPSA) is 115 Å². The van der Waals surface area contributed by atoms with Crippen LogP contribution < -0.4 is 10.6 Å². The van der Waals surface area contributed by atoms with Gasteiger partial charge in [0.1, 0.15) is 0 Å². The summed E-state index contributed by atoms with van der Waals surface area (Å²) in [4.78, 5) is 37.1. The Morgan fingerprint density at radius 2 is 1.61 bits per heavy atom. The van der Waals surface area contributed by atoms with Crippen molar-refractivity contribution in [3.8, 4) is 5.69 Å². The van der Waals surface area contributed by atoms with Crippen molar-refractivity contribution in [2.75, 3.05) is 17.7 Å². The Balaban J connectivity index is 1.46. The zero-order chi connectivity index (χ0) is 29.4. The van der Waals surface area contributed by atoms with Crippen LogP contribution in [-0.4, -0.2) is 44.9 Å². The zero-order valence-corrected chi connectivity index (χ0v) is 22.5. The number of halogens is 3. The van der Waals surface area contributed by atoms with E-state index in [1.54, 1.807) is 66.1 Å². The summed E-state index contributed by atoms with van der Waals surface area (Å²) < 4.78 is 46.7. The van der Waals surface area contributed by atoms with Crippen LogP contribution in [0.4, 0.5) is 18.9 Å². The van der Waals surface area contributed by atoms with Crippen LogP contribution in [0.2, 0.25) is 0 Å². The maximum absolute atomic E-state index is 13.4. The number of alkyl halides is 3. The van der Waals surface area contributed by atoms with E-state index < -0.39 is 29.2 Å². The predicted octanol–water partition coefficient (Wildman–Crippen LogP) is 5.12. The molecule has 1 heterocycles. The van der Waals surface area contributed by atoms with Gasteiger partial charge in [-0.1, -0.05) is 42.1 Å². The summed E-state index contributed by atoms with van der Waals surface area (Å²) in [5, 5.41) is 13.8. The molecule has 2 amide bonds. The fraction of sp³-hybridized carbons (Fsp3) is 0.179. The number of anilines is 1. The summed E-state index contributed by atoms with van der Waals surface area (Å²) in [6.07, 6.45) is -4.69. The molecule has 0 aliphatic rings. The van der Waals surface area contributed by atoms with Crippen molar-refractivity contribution < 1.29 is 32.3 Å². The molecule has 0 aliphatic carbocycles. The number of para-hydroxylation sites is 1. The number of nitrogens with one attached hydrogen (secondary N) is 2. The fourth-order valence-electron chi connectivity index (χ4n) is 3.76. The van der Waals surface area contributed by atoms with E-state index in [1.165, 1.54) is 12.1 Å². The lowest BCUT2D eigenvalue weighted by Gasteiger charge is -2.13. The van der Waals surface area contributed by atoms with Crippen LogP contribution in [0.15, 0.2) is 84.0 Å². The Kier molecular flexibility index (Phi) is 9.40. The van der Waals surface area contributed by atoms with E-state index in [-0.39, 0.29) is 30.6 Å². The number of thioether (sulfide) groups is 1. The Labute approximate surface area is 237 Å². The van der Waals surface area contributed by atoms with E-state index >= 15 is 0 Å². The largest absolute Gasteiger partial charge is 0.462 e. The number of hydrogen-bond donors (Lipinski definition) is 2. The highest BCUT2D eigenvalue weighted by atomic mass is 32.2. The summed E-state index contributed by atoms with van der Waals surface area (Å²) in [6, 6.07) is 19.6. The van der Waals surface area contributed by atoms with E-state index in [0.29, 0.717) is 22.1 Å². The third-order valence-corrected chi connectivity index (χ3v) is 6.54. The van der Waals surface area contributed by atoms with Crippen molar-refractivity contribution in [1.29, 1.82) is 0 Å². The number of nitrogens with zero attached hydrogens (tertiary/aromatic N) is 3. The van der Waals surface area contributed by atoms with Gasteiger partial charge in [0.2, 0.25) is 5.91 Å². The zero-order valence-electron chi connectivity index (χ0n) is 21.6. The van der Waals surface area contributed by atoms with Gasteiger partial charge in [-0.2, -0.15) is 13.2 Å². The van der Waals surface area contributed by atoms with E-state index in [9.17, 15) is 27.6 Å². The SMILES string of the molecule is CCOC(=O)c1ccc(NC(=O)CSc2nnc(CNC(=O)c3ccccc3C(F)(F)F)n2-c2ccccc2)cc1. The summed E-state index contributed by atoms with van der Waals surface area (Å²) in [5.74, 6) is -1.51. The van der Waals surface area contributed by atoms with E-state index in [0.717, 1.165) is 23.9 Å². The molecular formula is C28H24F3N5O4S. The normalized spacial score (nSPS) is 11.1. The van der Waals surface area contributed by atoms with Gasteiger partial charge in [-0.15, -0.1) is 10.2 Å². The second-order valence-electron chi connectivity index (χ2n) is 8.43. The Morgan fingerprint density at radius 1 is 0.927 bits per heavy atom. The average Bonchev–Trinajstić information content (AvgIpc) is 3.38. The molecule has 0 unspecified atom stereocenters. The Bertz CT molecular complexity index is 1530. The first-order chi connectivity index (χ1) is 19.7. The van der Waals surface area contributed by atoms with Gasteiger partial charge >= 0.3 is 12.1 Å². The smallest absolute Gasteiger partial charge is 0.417 e. The minimum Gasteiger partial charge on any atom is -0.462 e. The molecule has 0 atom stereocenters. The molecule has 0 radical (unpaired) electrons. The molecule has 0 fully saturated rings. The number of carbonyl (C=O) groups is 3. The minimum absolute atomic E-state index is 0.0457. The molecule has 4 rings (SSSR count). The lowest BCUT2D eigenvalue weighted by Crippen LogP contribution is -2.27. The quantitative estimate of drug-likeness (QED) is 0.197. The highest BCUT2D eigenvalue weighted by Crippen LogP contribution is 2.32. The molecule has 0 spiro atoms. The van der Waals surface area contributed by atoms with Crippen LogP contribution in [-0.2, 0) is 22.3 Å². The molecule has 0 saturated heterocycles. The van der Waals surface area contributed by atoms with Crippen molar-refractivity contribution in [3.63, 3.8) is 0 Å². The number of ether oxygens (including phenoxy) is 1. The van der Waals surface area contributed by atoms with Crippen molar-refractivity contribution in [3.05, 3.63) is 101 Å². The van der Waals surface area contributed by atoms with Crippen LogP contribution in [0.5, 0.6) is 0 Å². The number of esters is 1. The highest BCUT2D eigenvalue weighted by molar-refractivity contribution is 7.99. The van der Waals surface area contributed by atoms with Gasteiger partial charge in [-0.3, -0.25) is 14.2 Å². The van der Waals surface area contributed by atoms with Gasteiger partial charge in [0, 0.05) is 11.4 Å². The molecule has 41 heavy (non-hydrogen) atoms. The summed E-state index contributed by atoms with van der Waals surface area (Å²) in [7, 11) is 0. The standard InChI is InChI=1S/C28H24F3N5O4S/c1-2-40-26(39)18-12-14-19(15-13-18)33-24(37)17-41-27-35-34-23(36(27)20-8-4-3-5-9-20)16-32-25(38)21-10-6-7-11-22(21)28(29,30)31/h3-15H,2,16-17H2,1H3,(H,32,38)(H,33,37). The van der Waals surface area contributed by atoms with E-state index in [2.05, 4.69) is 20.8 Å². The molecule has 13 heteroatoms. The van der Waals surface area contributed by atoms with Crippen LogP contribution in [0.25, 0.3) is 5.69 Å². The lowest BCUT2D eigenvalue weighted by atomic mass is 10.1. The maximum atomic E-state index is 13.4. The van der Waals surface area contributed by atoms with Gasteiger partial charge in [0.05, 0.1) is 35.6 Å². The summed E-state index contributed by atoms with van der Waals surface area (Å²) in [6.45, 7) is 1.74.